The number of nitriles is 1. The number of Topliss-reactive ketones (excluding diaryl/α,β-unsaturated/α-hetero) is 1. The number of carbonyl (C=O) groups excluding carboxylic acids is 2. The summed E-state index contributed by atoms with van der Waals surface area (Å²) in [6, 6.07) is 6.87. The first-order valence-electron chi connectivity index (χ1n) is 5.87. The van der Waals surface area contributed by atoms with Crippen LogP contribution in [-0.4, -0.2) is 23.2 Å². The van der Waals surface area contributed by atoms with E-state index in [9.17, 15) is 9.59 Å². The number of rotatable bonds is 5. The Morgan fingerprint density at radius 3 is 2.68 bits per heavy atom. The molecule has 1 rings (SSSR count). The number of ketones is 1. The highest BCUT2D eigenvalue weighted by molar-refractivity contribution is 9.10. The van der Waals surface area contributed by atoms with Crippen LogP contribution in [0, 0.1) is 11.3 Å². The van der Waals surface area contributed by atoms with Crippen LogP contribution in [0.15, 0.2) is 18.2 Å². The van der Waals surface area contributed by atoms with Gasteiger partial charge in [-0.2, -0.15) is 5.26 Å². The molecule has 0 aliphatic heterocycles. The molecule has 1 unspecified atom stereocenters. The summed E-state index contributed by atoms with van der Waals surface area (Å²) in [5.74, 6) is -0.620. The van der Waals surface area contributed by atoms with Gasteiger partial charge in [0.1, 0.15) is 0 Å². The van der Waals surface area contributed by atoms with E-state index >= 15 is 0 Å². The van der Waals surface area contributed by atoms with Gasteiger partial charge in [-0.3, -0.25) is 9.59 Å². The monoisotopic (exact) mass is 323 g/mol. The number of esters is 1. The van der Waals surface area contributed by atoms with Crippen LogP contribution < -0.4 is 0 Å². The normalized spacial score (nSPS) is 11.5. The van der Waals surface area contributed by atoms with Crippen LogP contribution in [0.4, 0.5) is 0 Å². The minimum Gasteiger partial charge on any atom is -0.466 e. The number of alkyl halides is 1. The molecule has 0 amide bonds. The molecule has 0 saturated carbocycles. The van der Waals surface area contributed by atoms with Crippen molar-refractivity contribution in [3.8, 4) is 6.07 Å². The summed E-state index contributed by atoms with van der Waals surface area (Å²) in [5, 5.41) is 9.08. The molecule has 0 aromatic heterocycles. The minimum atomic E-state index is -0.414. The number of ether oxygens (including phenoxy) is 1. The SMILES string of the molecule is CCOC(=O)Cc1cccc(C#N)c1C(=O)C(C)Br. The van der Waals surface area contributed by atoms with Gasteiger partial charge in [-0.1, -0.05) is 28.1 Å². The molecule has 0 aliphatic carbocycles. The second-order valence-electron chi connectivity index (χ2n) is 3.91. The van der Waals surface area contributed by atoms with Gasteiger partial charge in [-0.15, -0.1) is 0 Å². The second-order valence-corrected chi connectivity index (χ2v) is 5.29. The molecule has 0 saturated heterocycles. The molecular weight excluding hydrogens is 310 g/mol. The molecule has 0 radical (unpaired) electrons. The number of benzene rings is 1. The van der Waals surface area contributed by atoms with Crippen molar-refractivity contribution in [1.29, 1.82) is 5.26 Å². The Labute approximate surface area is 120 Å². The first-order chi connectivity index (χ1) is 9.01. The van der Waals surface area contributed by atoms with Crippen LogP contribution in [0.2, 0.25) is 0 Å². The van der Waals surface area contributed by atoms with Gasteiger partial charge in [0.15, 0.2) is 5.78 Å². The van der Waals surface area contributed by atoms with Crippen LogP contribution >= 0.6 is 15.9 Å². The molecule has 1 aromatic carbocycles. The van der Waals surface area contributed by atoms with Gasteiger partial charge in [0, 0.05) is 5.56 Å². The lowest BCUT2D eigenvalue weighted by molar-refractivity contribution is -0.142. The predicted octanol–water partition coefficient (Wildman–Crippen LogP) is 2.63. The lowest BCUT2D eigenvalue weighted by Gasteiger charge is -2.11. The fourth-order valence-electron chi connectivity index (χ4n) is 1.70. The molecule has 5 heteroatoms. The Hall–Kier alpha value is -1.67. The van der Waals surface area contributed by atoms with Crippen molar-refractivity contribution in [2.75, 3.05) is 6.61 Å². The third kappa shape index (κ3) is 3.90. The van der Waals surface area contributed by atoms with E-state index in [0.29, 0.717) is 11.1 Å². The molecule has 0 spiro atoms. The lowest BCUT2D eigenvalue weighted by atomic mass is 9.95. The van der Waals surface area contributed by atoms with Gasteiger partial charge in [-0.25, -0.2) is 0 Å². The Kier molecular flexibility index (Phi) is 5.71. The number of hydrogen-bond donors (Lipinski definition) is 0. The van der Waals surface area contributed by atoms with E-state index in [1.165, 1.54) is 0 Å². The zero-order chi connectivity index (χ0) is 14.4. The van der Waals surface area contributed by atoms with Crippen molar-refractivity contribution in [3.63, 3.8) is 0 Å². The molecule has 1 aromatic rings. The molecule has 0 fully saturated rings. The first-order valence-corrected chi connectivity index (χ1v) is 6.78. The molecule has 0 aliphatic rings. The summed E-state index contributed by atoms with van der Waals surface area (Å²) in [7, 11) is 0. The van der Waals surface area contributed by atoms with E-state index in [0.717, 1.165) is 0 Å². The van der Waals surface area contributed by atoms with Crippen molar-refractivity contribution >= 4 is 27.7 Å². The molecule has 0 heterocycles. The largest absolute Gasteiger partial charge is 0.466 e. The van der Waals surface area contributed by atoms with E-state index in [-0.39, 0.29) is 24.4 Å². The Bertz CT molecular complexity index is 532. The topological polar surface area (TPSA) is 67.2 Å². The van der Waals surface area contributed by atoms with Crippen LogP contribution in [0.1, 0.15) is 35.3 Å². The maximum absolute atomic E-state index is 12.1. The van der Waals surface area contributed by atoms with Crippen LogP contribution in [0.3, 0.4) is 0 Å². The van der Waals surface area contributed by atoms with Gasteiger partial charge < -0.3 is 4.74 Å². The van der Waals surface area contributed by atoms with Crippen molar-refractivity contribution in [3.05, 3.63) is 34.9 Å². The summed E-state index contributed by atoms with van der Waals surface area (Å²) in [5.41, 5.74) is 1.09. The molecular formula is C14H14BrNO3. The molecule has 4 nitrogen and oxygen atoms in total. The molecule has 1 atom stereocenters. The molecule has 100 valence electrons. The second kappa shape index (κ2) is 7.05. The van der Waals surface area contributed by atoms with E-state index in [2.05, 4.69) is 15.9 Å². The highest BCUT2D eigenvalue weighted by atomic mass is 79.9. The molecule has 19 heavy (non-hydrogen) atoms. The minimum absolute atomic E-state index is 0.00977. The predicted molar refractivity (Wildman–Crippen MR) is 74.2 cm³/mol. The maximum Gasteiger partial charge on any atom is 0.310 e. The quantitative estimate of drug-likeness (QED) is 0.474. The summed E-state index contributed by atoms with van der Waals surface area (Å²) < 4.78 is 4.87. The average molecular weight is 324 g/mol. The van der Waals surface area contributed by atoms with E-state index in [1.54, 1.807) is 32.0 Å². The standard InChI is InChI=1S/C14H14BrNO3/c1-3-19-12(17)7-10-5-4-6-11(8-16)13(10)14(18)9(2)15/h4-6,9H,3,7H2,1-2H3. The number of nitrogens with zero attached hydrogens (tertiary/aromatic N) is 1. The van der Waals surface area contributed by atoms with Gasteiger partial charge in [0.2, 0.25) is 0 Å². The zero-order valence-corrected chi connectivity index (χ0v) is 12.4. The highest BCUT2D eigenvalue weighted by Gasteiger charge is 2.21. The fourth-order valence-corrected chi connectivity index (χ4v) is 1.93. The van der Waals surface area contributed by atoms with E-state index in [1.807, 2.05) is 6.07 Å². The van der Waals surface area contributed by atoms with Gasteiger partial charge in [-0.05, 0) is 25.5 Å². The summed E-state index contributed by atoms with van der Waals surface area (Å²) >= 11 is 3.20. The first kappa shape index (κ1) is 15.4. The highest BCUT2D eigenvalue weighted by Crippen LogP contribution is 2.20. The summed E-state index contributed by atoms with van der Waals surface area (Å²) in [6.07, 6.45) is -0.00977. The number of hydrogen-bond acceptors (Lipinski definition) is 4. The van der Waals surface area contributed by atoms with Crippen LogP contribution in [0.25, 0.3) is 0 Å². The Balaban J connectivity index is 3.21. The van der Waals surface area contributed by atoms with Crippen molar-refractivity contribution in [1.82, 2.24) is 0 Å². The van der Waals surface area contributed by atoms with Gasteiger partial charge >= 0.3 is 5.97 Å². The molecule has 0 N–H and O–H groups in total. The third-order valence-corrected chi connectivity index (χ3v) is 2.93. The maximum atomic E-state index is 12.1. The average Bonchev–Trinajstić information content (AvgIpc) is 2.37. The van der Waals surface area contributed by atoms with E-state index < -0.39 is 10.8 Å². The van der Waals surface area contributed by atoms with Crippen molar-refractivity contribution in [2.45, 2.75) is 25.1 Å². The third-order valence-electron chi connectivity index (χ3n) is 2.52. The molecule has 0 bridgehead atoms. The van der Waals surface area contributed by atoms with Gasteiger partial charge in [0.05, 0.1) is 29.5 Å². The van der Waals surface area contributed by atoms with Crippen molar-refractivity contribution < 1.29 is 14.3 Å². The Morgan fingerprint density at radius 2 is 2.16 bits per heavy atom. The van der Waals surface area contributed by atoms with Crippen LogP contribution in [0.5, 0.6) is 0 Å². The fraction of sp³-hybridized carbons (Fsp3) is 0.357. The number of halogens is 1. The Morgan fingerprint density at radius 1 is 1.47 bits per heavy atom. The smallest absolute Gasteiger partial charge is 0.310 e. The number of carbonyl (C=O) groups is 2. The lowest BCUT2D eigenvalue weighted by Crippen LogP contribution is -2.17. The summed E-state index contributed by atoms with van der Waals surface area (Å²) in [6.45, 7) is 3.69. The van der Waals surface area contributed by atoms with E-state index in [4.69, 9.17) is 10.00 Å². The summed E-state index contributed by atoms with van der Waals surface area (Å²) in [4.78, 5) is 23.2. The van der Waals surface area contributed by atoms with Crippen LogP contribution in [-0.2, 0) is 16.0 Å². The zero-order valence-electron chi connectivity index (χ0n) is 10.8. The van der Waals surface area contributed by atoms with Gasteiger partial charge in [0.25, 0.3) is 0 Å². The van der Waals surface area contributed by atoms with Crippen molar-refractivity contribution in [2.24, 2.45) is 0 Å².